The summed E-state index contributed by atoms with van der Waals surface area (Å²) in [6.45, 7) is 1.54. The number of para-hydroxylation sites is 1. The second-order valence-corrected chi connectivity index (χ2v) is 8.75. The van der Waals surface area contributed by atoms with Gasteiger partial charge in [0.1, 0.15) is 11.9 Å². The van der Waals surface area contributed by atoms with Gasteiger partial charge in [-0.25, -0.2) is 5.01 Å². The van der Waals surface area contributed by atoms with Crippen LogP contribution in [0.25, 0.3) is 10.9 Å². The Hall–Kier alpha value is -2.48. The third kappa shape index (κ3) is 3.80. The summed E-state index contributed by atoms with van der Waals surface area (Å²) in [5.41, 5.74) is 4.30. The number of fused-ring (bicyclic) bond motifs is 1. The Morgan fingerprint density at radius 2 is 1.87 bits per heavy atom. The van der Waals surface area contributed by atoms with E-state index in [1.54, 1.807) is 24.3 Å². The monoisotopic (exact) mass is 461 g/mol. The van der Waals surface area contributed by atoms with Crippen molar-refractivity contribution in [2.24, 2.45) is 0 Å². The van der Waals surface area contributed by atoms with Crippen molar-refractivity contribution in [3.8, 4) is 0 Å². The zero-order chi connectivity index (χ0) is 21.4. The lowest BCUT2D eigenvalue weighted by molar-refractivity contribution is -0.139. The summed E-state index contributed by atoms with van der Waals surface area (Å²) in [4.78, 5) is 37.8. The number of nitrogens with one attached hydrogen (secondary N) is 1. The van der Waals surface area contributed by atoms with E-state index in [0.29, 0.717) is 15.6 Å². The Kier molecular flexibility index (Phi) is 5.77. The molecule has 2 aromatic carbocycles. The van der Waals surface area contributed by atoms with Crippen LogP contribution in [0.5, 0.6) is 0 Å². The molecule has 1 atom stereocenters. The molecule has 2 heterocycles. The van der Waals surface area contributed by atoms with Gasteiger partial charge in [-0.05, 0) is 24.6 Å². The molecule has 0 saturated carbocycles. The van der Waals surface area contributed by atoms with E-state index in [0.717, 1.165) is 16.5 Å². The van der Waals surface area contributed by atoms with E-state index in [-0.39, 0.29) is 23.8 Å². The van der Waals surface area contributed by atoms with Gasteiger partial charge in [-0.1, -0.05) is 53.5 Å². The number of benzene rings is 2. The molecule has 0 radical (unpaired) electrons. The third-order valence-electron chi connectivity index (χ3n) is 4.87. The number of aryl methyl sites for hydroxylation is 1. The van der Waals surface area contributed by atoms with Gasteiger partial charge in [0.2, 0.25) is 0 Å². The van der Waals surface area contributed by atoms with Crippen LogP contribution >= 0.6 is 35.0 Å². The summed E-state index contributed by atoms with van der Waals surface area (Å²) in [5.74, 6) is -0.525. The van der Waals surface area contributed by atoms with Gasteiger partial charge in [-0.3, -0.25) is 24.4 Å². The maximum atomic E-state index is 12.8. The number of nitrogens with zero attached hydrogens (tertiary/aromatic N) is 2. The standard InChI is InChI=1S/C21H17Cl2N3O3S/c1-12-9-18(28)25(20-13(12)6-4-8-16(20)23)10-17(27)24-26-19(29)11-30-21(26)14-5-2-3-7-15(14)22/h2-9,21H,10-11H2,1H3,(H,24,27). The molecule has 1 unspecified atom stereocenters. The highest BCUT2D eigenvalue weighted by Crippen LogP contribution is 2.40. The fourth-order valence-electron chi connectivity index (χ4n) is 3.48. The first-order valence-corrected chi connectivity index (χ1v) is 10.9. The fourth-order valence-corrected chi connectivity index (χ4v) is 5.20. The number of hydrazine groups is 1. The molecule has 9 heteroatoms. The number of thioether (sulfide) groups is 1. The SMILES string of the molecule is Cc1cc(=O)n(CC(=O)NN2C(=O)CSC2c2ccccc2Cl)c2c(Cl)cccc12. The molecule has 6 nitrogen and oxygen atoms in total. The maximum absolute atomic E-state index is 12.8. The molecule has 1 aliphatic rings. The Bertz CT molecular complexity index is 1230. The van der Waals surface area contributed by atoms with E-state index in [1.165, 1.54) is 27.4 Å². The van der Waals surface area contributed by atoms with Gasteiger partial charge >= 0.3 is 0 Å². The van der Waals surface area contributed by atoms with Crippen LogP contribution in [-0.2, 0) is 16.1 Å². The van der Waals surface area contributed by atoms with Crippen LogP contribution in [-0.4, -0.2) is 27.1 Å². The number of hydrogen-bond acceptors (Lipinski definition) is 4. The zero-order valence-corrected chi connectivity index (χ0v) is 18.2. The summed E-state index contributed by atoms with van der Waals surface area (Å²) in [6.07, 6.45) is 0. The maximum Gasteiger partial charge on any atom is 0.258 e. The predicted octanol–water partition coefficient (Wildman–Crippen LogP) is 3.92. The molecule has 3 aromatic rings. The van der Waals surface area contributed by atoms with Gasteiger partial charge in [0.25, 0.3) is 17.4 Å². The lowest BCUT2D eigenvalue weighted by Gasteiger charge is -2.25. The molecule has 1 N–H and O–H groups in total. The Balaban J connectivity index is 1.63. The van der Waals surface area contributed by atoms with E-state index in [4.69, 9.17) is 23.2 Å². The average molecular weight is 462 g/mol. The Morgan fingerprint density at radius 1 is 1.13 bits per heavy atom. The van der Waals surface area contributed by atoms with Crippen LogP contribution in [0.4, 0.5) is 0 Å². The summed E-state index contributed by atoms with van der Waals surface area (Å²) in [6, 6.07) is 14.0. The van der Waals surface area contributed by atoms with Gasteiger partial charge in [-0.15, -0.1) is 11.8 Å². The first-order valence-electron chi connectivity index (χ1n) is 9.13. The molecule has 0 spiro atoms. The lowest BCUT2D eigenvalue weighted by atomic mass is 10.1. The summed E-state index contributed by atoms with van der Waals surface area (Å²) >= 11 is 14.0. The summed E-state index contributed by atoms with van der Waals surface area (Å²) < 4.78 is 1.32. The molecular weight excluding hydrogens is 445 g/mol. The zero-order valence-electron chi connectivity index (χ0n) is 15.9. The molecule has 154 valence electrons. The highest BCUT2D eigenvalue weighted by atomic mass is 35.5. The molecule has 4 rings (SSSR count). The summed E-state index contributed by atoms with van der Waals surface area (Å²) in [5, 5.41) is 2.51. The number of hydrogen-bond donors (Lipinski definition) is 1. The number of carbonyl (C=O) groups excluding carboxylic acids is 2. The third-order valence-corrected chi connectivity index (χ3v) is 6.72. The van der Waals surface area contributed by atoms with Gasteiger partial charge in [0.05, 0.1) is 16.3 Å². The molecule has 2 amide bonds. The van der Waals surface area contributed by atoms with Crippen LogP contribution in [0.2, 0.25) is 10.0 Å². The molecule has 30 heavy (non-hydrogen) atoms. The van der Waals surface area contributed by atoms with Gasteiger partial charge in [0.15, 0.2) is 0 Å². The van der Waals surface area contributed by atoms with E-state index >= 15 is 0 Å². The minimum Gasteiger partial charge on any atom is -0.297 e. The van der Waals surface area contributed by atoms with Gasteiger partial charge in [0, 0.05) is 22.0 Å². The number of pyridine rings is 1. The number of carbonyl (C=O) groups is 2. The first-order chi connectivity index (χ1) is 14.4. The van der Waals surface area contributed by atoms with Crippen molar-refractivity contribution in [3.63, 3.8) is 0 Å². The topological polar surface area (TPSA) is 71.4 Å². The van der Waals surface area contributed by atoms with E-state index < -0.39 is 11.3 Å². The number of rotatable bonds is 4. The molecule has 1 fully saturated rings. The van der Waals surface area contributed by atoms with Crippen molar-refractivity contribution in [2.45, 2.75) is 18.8 Å². The van der Waals surface area contributed by atoms with Gasteiger partial charge in [-0.2, -0.15) is 0 Å². The fraction of sp³-hybridized carbons (Fsp3) is 0.190. The molecule has 1 aliphatic heterocycles. The largest absolute Gasteiger partial charge is 0.297 e. The highest BCUT2D eigenvalue weighted by Gasteiger charge is 2.35. The van der Waals surface area contributed by atoms with Crippen molar-refractivity contribution in [3.05, 3.63) is 80.1 Å². The van der Waals surface area contributed by atoms with Crippen LogP contribution in [0.3, 0.4) is 0 Å². The average Bonchev–Trinajstić information content (AvgIpc) is 3.06. The Labute approximate surface area is 186 Å². The smallest absolute Gasteiger partial charge is 0.258 e. The second-order valence-electron chi connectivity index (χ2n) is 6.87. The number of halogens is 2. The highest BCUT2D eigenvalue weighted by molar-refractivity contribution is 8.00. The van der Waals surface area contributed by atoms with E-state index in [1.807, 2.05) is 25.1 Å². The Morgan fingerprint density at radius 3 is 2.63 bits per heavy atom. The molecular formula is C21H17Cl2N3O3S. The minimum absolute atomic E-state index is 0.218. The molecule has 0 bridgehead atoms. The summed E-state index contributed by atoms with van der Waals surface area (Å²) in [7, 11) is 0. The quantitative estimate of drug-likeness (QED) is 0.638. The van der Waals surface area contributed by atoms with Crippen molar-refractivity contribution in [1.82, 2.24) is 15.0 Å². The second kappa shape index (κ2) is 8.34. The van der Waals surface area contributed by atoms with Crippen LogP contribution in [0.15, 0.2) is 53.3 Å². The molecule has 0 aliphatic carbocycles. The van der Waals surface area contributed by atoms with Crippen LogP contribution in [0.1, 0.15) is 16.5 Å². The molecule has 1 saturated heterocycles. The van der Waals surface area contributed by atoms with E-state index in [2.05, 4.69) is 5.43 Å². The normalized spacial score (nSPS) is 16.3. The van der Waals surface area contributed by atoms with Gasteiger partial charge < -0.3 is 0 Å². The van der Waals surface area contributed by atoms with Crippen molar-refractivity contribution in [2.75, 3.05) is 5.75 Å². The van der Waals surface area contributed by atoms with Crippen LogP contribution in [0, 0.1) is 6.92 Å². The minimum atomic E-state index is -0.505. The van der Waals surface area contributed by atoms with Crippen molar-refractivity contribution < 1.29 is 9.59 Å². The number of aromatic nitrogens is 1. The van der Waals surface area contributed by atoms with Crippen LogP contribution < -0.4 is 11.0 Å². The van der Waals surface area contributed by atoms with Crippen molar-refractivity contribution in [1.29, 1.82) is 0 Å². The first kappa shape index (κ1) is 20.8. The lowest BCUT2D eigenvalue weighted by Crippen LogP contribution is -2.46. The van der Waals surface area contributed by atoms with E-state index in [9.17, 15) is 14.4 Å². The number of amides is 2. The predicted molar refractivity (Wildman–Crippen MR) is 120 cm³/mol. The molecule has 1 aromatic heterocycles. The van der Waals surface area contributed by atoms with Crippen molar-refractivity contribution >= 4 is 57.7 Å².